The first-order valence-corrected chi connectivity index (χ1v) is 7.23. The van der Waals surface area contributed by atoms with Crippen LogP contribution in [0.4, 0.5) is 5.69 Å². The molecule has 23 heavy (non-hydrogen) atoms. The lowest BCUT2D eigenvalue weighted by Gasteiger charge is -2.05. The van der Waals surface area contributed by atoms with Gasteiger partial charge in [0.25, 0.3) is 5.69 Å². The first-order chi connectivity index (χ1) is 10.9. The predicted octanol–water partition coefficient (Wildman–Crippen LogP) is 2.58. The molecule has 0 bridgehead atoms. The highest BCUT2D eigenvalue weighted by atomic mass is 16.6. The summed E-state index contributed by atoms with van der Waals surface area (Å²) in [6.07, 6.45) is 1.99. The van der Waals surface area contributed by atoms with Crippen molar-refractivity contribution in [2.24, 2.45) is 0 Å². The number of carboxylic acid groups (broad SMARTS) is 1. The van der Waals surface area contributed by atoms with Gasteiger partial charge in [0, 0.05) is 41.6 Å². The van der Waals surface area contributed by atoms with E-state index in [2.05, 4.69) is 10.3 Å². The Hall–Kier alpha value is -2.90. The summed E-state index contributed by atoms with van der Waals surface area (Å²) in [4.78, 5) is 36.1. The first kappa shape index (κ1) is 16.5. The number of nitrogens with zero attached hydrogens (tertiary/aromatic N) is 1. The summed E-state index contributed by atoms with van der Waals surface area (Å²) in [6, 6.07) is 4.07. The second kappa shape index (κ2) is 6.91. The molecular formula is C15H17N3O5. The number of carbonyl (C=O) groups excluding carboxylic acids is 1. The van der Waals surface area contributed by atoms with Crippen LogP contribution in [0.2, 0.25) is 0 Å². The lowest BCUT2D eigenvalue weighted by atomic mass is 10.1. The third-order valence-corrected chi connectivity index (χ3v) is 3.53. The highest BCUT2D eigenvalue weighted by Gasteiger charge is 2.19. The van der Waals surface area contributed by atoms with Gasteiger partial charge in [-0.05, 0) is 12.5 Å². The molecule has 1 amide bonds. The highest BCUT2D eigenvalue weighted by molar-refractivity contribution is 5.98. The van der Waals surface area contributed by atoms with Crippen molar-refractivity contribution in [3.63, 3.8) is 0 Å². The van der Waals surface area contributed by atoms with E-state index in [9.17, 15) is 24.8 Å². The number of carboxylic acids is 1. The molecule has 8 heteroatoms. The second-order valence-corrected chi connectivity index (χ2v) is 5.15. The molecule has 2 rings (SSSR count). The van der Waals surface area contributed by atoms with Crippen LogP contribution in [0.25, 0.3) is 10.9 Å². The number of carbonyl (C=O) groups is 2. The molecule has 0 fully saturated rings. The number of rotatable bonds is 7. The number of hydrogen-bond donors (Lipinski definition) is 3. The van der Waals surface area contributed by atoms with Crippen molar-refractivity contribution < 1.29 is 19.6 Å². The Morgan fingerprint density at radius 3 is 2.74 bits per heavy atom. The molecule has 0 saturated carbocycles. The van der Waals surface area contributed by atoms with Crippen molar-refractivity contribution in [2.45, 2.75) is 32.7 Å². The van der Waals surface area contributed by atoms with Crippen LogP contribution in [0.1, 0.15) is 42.2 Å². The molecule has 0 aliphatic heterocycles. The molecule has 2 aromatic rings. The summed E-state index contributed by atoms with van der Waals surface area (Å²) >= 11 is 0. The average Bonchev–Trinajstić information content (AvgIpc) is 2.88. The van der Waals surface area contributed by atoms with Crippen LogP contribution in [0.15, 0.2) is 18.2 Å². The number of aromatic nitrogens is 1. The maximum Gasteiger partial charge on any atom is 0.352 e. The van der Waals surface area contributed by atoms with Crippen molar-refractivity contribution in [1.29, 1.82) is 0 Å². The van der Waals surface area contributed by atoms with Gasteiger partial charge < -0.3 is 15.4 Å². The SMILES string of the molecule is CCCCC(=O)NCc1c(C(=O)O)[nH]c2ccc([N+](=O)[O-])cc12. The van der Waals surface area contributed by atoms with Crippen molar-refractivity contribution in [2.75, 3.05) is 0 Å². The van der Waals surface area contributed by atoms with Gasteiger partial charge in [-0.1, -0.05) is 13.3 Å². The molecule has 122 valence electrons. The summed E-state index contributed by atoms with van der Waals surface area (Å²) in [5, 5.41) is 23.3. The number of benzene rings is 1. The molecule has 1 aromatic heterocycles. The summed E-state index contributed by atoms with van der Waals surface area (Å²) in [7, 11) is 0. The van der Waals surface area contributed by atoms with E-state index in [1.54, 1.807) is 0 Å². The summed E-state index contributed by atoms with van der Waals surface area (Å²) in [5.41, 5.74) is 0.607. The van der Waals surface area contributed by atoms with Crippen molar-refractivity contribution in [3.8, 4) is 0 Å². The molecule has 0 saturated heterocycles. The quantitative estimate of drug-likeness (QED) is 0.534. The number of nitrogens with one attached hydrogen (secondary N) is 2. The number of H-pyrrole nitrogens is 1. The number of fused-ring (bicyclic) bond motifs is 1. The van der Waals surface area contributed by atoms with Gasteiger partial charge in [-0.3, -0.25) is 14.9 Å². The molecule has 0 spiro atoms. The van der Waals surface area contributed by atoms with E-state index in [4.69, 9.17) is 0 Å². The predicted molar refractivity (Wildman–Crippen MR) is 83.3 cm³/mol. The fourth-order valence-corrected chi connectivity index (χ4v) is 2.33. The van der Waals surface area contributed by atoms with Gasteiger partial charge in [0.2, 0.25) is 5.91 Å². The van der Waals surface area contributed by atoms with E-state index >= 15 is 0 Å². The number of nitro groups is 1. The zero-order valence-electron chi connectivity index (χ0n) is 12.6. The number of amides is 1. The molecule has 1 aromatic carbocycles. The van der Waals surface area contributed by atoms with E-state index in [1.807, 2.05) is 6.92 Å². The van der Waals surface area contributed by atoms with Crippen molar-refractivity contribution >= 4 is 28.5 Å². The maximum absolute atomic E-state index is 11.7. The molecular weight excluding hydrogens is 302 g/mol. The van der Waals surface area contributed by atoms with Gasteiger partial charge in [0.1, 0.15) is 5.69 Å². The molecule has 0 aliphatic carbocycles. The first-order valence-electron chi connectivity index (χ1n) is 7.23. The van der Waals surface area contributed by atoms with E-state index in [0.717, 1.165) is 12.8 Å². The maximum atomic E-state index is 11.7. The second-order valence-electron chi connectivity index (χ2n) is 5.15. The van der Waals surface area contributed by atoms with Crippen LogP contribution in [0, 0.1) is 10.1 Å². The summed E-state index contributed by atoms with van der Waals surface area (Å²) in [5.74, 6) is -1.36. The molecule has 0 aliphatic rings. The Morgan fingerprint density at radius 1 is 1.39 bits per heavy atom. The lowest BCUT2D eigenvalue weighted by molar-refractivity contribution is -0.384. The van der Waals surface area contributed by atoms with Crippen molar-refractivity contribution in [1.82, 2.24) is 10.3 Å². The number of hydrogen-bond acceptors (Lipinski definition) is 4. The number of non-ortho nitro benzene ring substituents is 1. The normalized spacial score (nSPS) is 10.7. The molecule has 3 N–H and O–H groups in total. The van der Waals surface area contributed by atoms with E-state index in [-0.39, 0.29) is 23.8 Å². The fourth-order valence-electron chi connectivity index (χ4n) is 2.33. The number of unbranched alkanes of at least 4 members (excludes halogenated alkanes) is 1. The molecule has 0 unspecified atom stereocenters. The van der Waals surface area contributed by atoms with Crippen LogP contribution >= 0.6 is 0 Å². The molecule has 0 atom stereocenters. The van der Waals surface area contributed by atoms with E-state index in [0.29, 0.717) is 22.9 Å². The van der Waals surface area contributed by atoms with Gasteiger partial charge in [0.15, 0.2) is 0 Å². The van der Waals surface area contributed by atoms with Crippen LogP contribution in [-0.2, 0) is 11.3 Å². The summed E-state index contributed by atoms with van der Waals surface area (Å²) in [6.45, 7) is 1.97. The average molecular weight is 319 g/mol. The Bertz CT molecular complexity index is 766. The number of nitro benzene ring substituents is 1. The van der Waals surface area contributed by atoms with Gasteiger partial charge in [-0.25, -0.2) is 4.79 Å². The minimum absolute atomic E-state index is 0.00531. The van der Waals surface area contributed by atoms with Gasteiger partial charge in [0.05, 0.1) is 4.92 Å². The number of aromatic amines is 1. The molecule has 1 heterocycles. The largest absolute Gasteiger partial charge is 0.477 e. The van der Waals surface area contributed by atoms with Gasteiger partial charge in [-0.15, -0.1) is 0 Å². The third kappa shape index (κ3) is 3.65. The monoisotopic (exact) mass is 319 g/mol. The number of aromatic carboxylic acids is 1. The standard InChI is InChI=1S/C15H17N3O5/c1-2-3-4-13(19)16-8-11-10-7-9(18(22)23)5-6-12(10)17-14(11)15(20)21/h5-7,17H,2-4,8H2,1H3,(H,16,19)(H,20,21). The summed E-state index contributed by atoms with van der Waals surface area (Å²) < 4.78 is 0. The van der Waals surface area contributed by atoms with E-state index in [1.165, 1.54) is 18.2 Å². The van der Waals surface area contributed by atoms with Crippen LogP contribution < -0.4 is 5.32 Å². The van der Waals surface area contributed by atoms with Crippen LogP contribution in [0.5, 0.6) is 0 Å². The Labute approximate surface area is 131 Å². The van der Waals surface area contributed by atoms with Gasteiger partial charge in [-0.2, -0.15) is 0 Å². The Kier molecular flexibility index (Phi) is 4.95. The minimum atomic E-state index is -1.18. The Morgan fingerprint density at radius 2 is 2.13 bits per heavy atom. The lowest BCUT2D eigenvalue weighted by Crippen LogP contribution is -2.23. The smallest absolute Gasteiger partial charge is 0.352 e. The highest BCUT2D eigenvalue weighted by Crippen LogP contribution is 2.26. The molecule has 0 radical (unpaired) electrons. The third-order valence-electron chi connectivity index (χ3n) is 3.53. The minimum Gasteiger partial charge on any atom is -0.477 e. The zero-order chi connectivity index (χ0) is 17.0. The van der Waals surface area contributed by atoms with Gasteiger partial charge >= 0.3 is 5.97 Å². The fraction of sp³-hybridized carbons (Fsp3) is 0.333. The van der Waals surface area contributed by atoms with Crippen LogP contribution in [-0.4, -0.2) is 26.9 Å². The van der Waals surface area contributed by atoms with Crippen molar-refractivity contribution in [3.05, 3.63) is 39.6 Å². The zero-order valence-corrected chi connectivity index (χ0v) is 12.6. The topological polar surface area (TPSA) is 125 Å². The molecule has 8 nitrogen and oxygen atoms in total. The van der Waals surface area contributed by atoms with Crippen LogP contribution in [0.3, 0.4) is 0 Å². The van der Waals surface area contributed by atoms with E-state index < -0.39 is 10.9 Å². The Balaban J connectivity index is 2.36.